The van der Waals surface area contributed by atoms with Gasteiger partial charge >= 0.3 is 0 Å². The van der Waals surface area contributed by atoms with Gasteiger partial charge in [-0.05, 0) is 62.1 Å². The maximum Gasteiger partial charge on any atom is 0.130 e. The summed E-state index contributed by atoms with van der Waals surface area (Å²) in [6.07, 6.45) is 29.1. The van der Waals surface area contributed by atoms with Gasteiger partial charge in [0.2, 0.25) is 0 Å². The minimum atomic E-state index is 0.838. The van der Waals surface area contributed by atoms with Gasteiger partial charge in [-0.25, -0.2) is 0 Å². The zero-order valence-electron chi connectivity index (χ0n) is 29.7. The summed E-state index contributed by atoms with van der Waals surface area (Å²) in [6.45, 7) is 11.9. The lowest BCUT2D eigenvalue weighted by Gasteiger charge is -2.14. The van der Waals surface area contributed by atoms with E-state index in [1.165, 1.54) is 161 Å². The number of fused-ring (bicyclic) bond motifs is 1. The fourth-order valence-corrected chi connectivity index (χ4v) is 6.23. The first-order valence-corrected chi connectivity index (χ1v) is 18.7. The maximum atomic E-state index is 6.18. The Balaban J connectivity index is 0.000000319. The van der Waals surface area contributed by atoms with E-state index in [0.717, 1.165) is 18.8 Å². The highest BCUT2D eigenvalue weighted by atomic mass is 16.5. The predicted octanol–water partition coefficient (Wildman–Crippen LogP) is 14.2. The van der Waals surface area contributed by atoms with Gasteiger partial charge in [0.05, 0.1) is 6.61 Å². The average molecular weight is 601 g/mol. The quantitative estimate of drug-likeness (QED) is 0.0984. The standard InChI is InChI=1S/C24H36O.C19H32/c1-4-5-6-7-8-9-10-11-12-15-18-25-24-21(3)19-20(2)22-16-13-14-17-23(22)24;1-3-4-5-6-7-8-9-10-11-12-13-19-16-14-18(2)15-17-19/h13-14,16-17,19H,4-12,15,18H2,1-3H3;14-17H,3-13H2,1-2H3. The minimum Gasteiger partial charge on any atom is -0.493 e. The Morgan fingerprint density at radius 1 is 0.455 bits per heavy atom. The van der Waals surface area contributed by atoms with Crippen LogP contribution in [0.4, 0.5) is 0 Å². The lowest BCUT2D eigenvalue weighted by atomic mass is 10.0. The average Bonchev–Trinajstić information content (AvgIpc) is 3.03. The van der Waals surface area contributed by atoms with Gasteiger partial charge in [0, 0.05) is 5.39 Å². The van der Waals surface area contributed by atoms with Crippen LogP contribution in [0.2, 0.25) is 0 Å². The van der Waals surface area contributed by atoms with E-state index in [9.17, 15) is 0 Å². The molecule has 0 aromatic heterocycles. The molecule has 3 aromatic rings. The van der Waals surface area contributed by atoms with Crippen LogP contribution in [0.1, 0.15) is 165 Å². The van der Waals surface area contributed by atoms with Gasteiger partial charge in [0.25, 0.3) is 0 Å². The molecule has 0 saturated carbocycles. The monoisotopic (exact) mass is 601 g/mol. The highest BCUT2D eigenvalue weighted by Gasteiger charge is 2.08. The lowest BCUT2D eigenvalue weighted by Crippen LogP contribution is -2.00. The molecule has 0 bridgehead atoms. The van der Waals surface area contributed by atoms with Gasteiger partial charge in [-0.3, -0.25) is 0 Å². The molecule has 0 saturated heterocycles. The number of hydrogen-bond acceptors (Lipinski definition) is 1. The fourth-order valence-electron chi connectivity index (χ4n) is 6.23. The van der Waals surface area contributed by atoms with Gasteiger partial charge < -0.3 is 4.74 Å². The van der Waals surface area contributed by atoms with Crippen LogP contribution in [0.25, 0.3) is 10.8 Å². The summed E-state index contributed by atoms with van der Waals surface area (Å²) in [4.78, 5) is 0. The third-order valence-corrected chi connectivity index (χ3v) is 9.07. The van der Waals surface area contributed by atoms with E-state index in [4.69, 9.17) is 4.74 Å². The predicted molar refractivity (Wildman–Crippen MR) is 197 cm³/mol. The summed E-state index contributed by atoms with van der Waals surface area (Å²) < 4.78 is 6.18. The molecule has 1 heteroatoms. The molecule has 0 atom stereocenters. The number of hydrogen-bond donors (Lipinski definition) is 0. The first kappa shape index (κ1) is 37.9. The number of unbranched alkanes of at least 4 members (excludes halogenated alkanes) is 18. The van der Waals surface area contributed by atoms with Crippen LogP contribution in [0, 0.1) is 20.8 Å². The molecule has 246 valence electrons. The molecule has 0 aliphatic carbocycles. The van der Waals surface area contributed by atoms with Crippen molar-refractivity contribution in [3.63, 3.8) is 0 Å². The zero-order chi connectivity index (χ0) is 31.7. The molecule has 0 N–H and O–H groups in total. The Hall–Kier alpha value is -2.28. The van der Waals surface area contributed by atoms with Gasteiger partial charge in [-0.15, -0.1) is 0 Å². The molecule has 0 fully saturated rings. The van der Waals surface area contributed by atoms with E-state index >= 15 is 0 Å². The smallest absolute Gasteiger partial charge is 0.130 e. The van der Waals surface area contributed by atoms with Gasteiger partial charge in [-0.1, -0.05) is 190 Å². The second-order valence-electron chi connectivity index (χ2n) is 13.3. The van der Waals surface area contributed by atoms with Crippen LogP contribution >= 0.6 is 0 Å². The van der Waals surface area contributed by atoms with Crippen LogP contribution in [0.15, 0.2) is 54.6 Å². The molecule has 1 nitrogen and oxygen atoms in total. The van der Waals surface area contributed by atoms with Crippen molar-refractivity contribution >= 4 is 10.8 Å². The molecule has 44 heavy (non-hydrogen) atoms. The summed E-state index contributed by atoms with van der Waals surface area (Å²) in [7, 11) is 0. The molecule has 0 aliphatic rings. The van der Waals surface area contributed by atoms with Crippen molar-refractivity contribution in [1.82, 2.24) is 0 Å². The largest absolute Gasteiger partial charge is 0.493 e. The Bertz CT molecular complexity index is 1100. The van der Waals surface area contributed by atoms with Gasteiger partial charge in [0.15, 0.2) is 0 Å². The number of aryl methyl sites for hydroxylation is 4. The van der Waals surface area contributed by atoms with Crippen LogP contribution in [0.5, 0.6) is 5.75 Å². The van der Waals surface area contributed by atoms with E-state index in [1.54, 1.807) is 0 Å². The van der Waals surface area contributed by atoms with Crippen molar-refractivity contribution < 1.29 is 4.74 Å². The molecular formula is C43H68O. The SMILES string of the molecule is CCCCCCCCCCCCOc1c(C)cc(C)c2ccccc12.CCCCCCCCCCCCc1ccc(C)cc1. The molecule has 0 amide bonds. The Morgan fingerprint density at radius 2 is 0.909 bits per heavy atom. The van der Waals surface area contributed by atoms with Crippen LogP contribution in [0.3, 0.4) is 0 Å². The lowest BCUT2D eigenvalue weighted by molar-refractivity contribution is 0.306. The first-order valence-electron chi connectivity index (χ1n) is 18.7. The van der Waals surface area contributed by atoms with Crippen molar-refractivity contribution in [1.29, 1.82) is 0 Å². The van der Waals surface area contributed by atoms with Crippen LogP contribution < -0.4 is 4.74 Å². The molecular weight excluding hydrogens is 532 g/mol. The summed E-state index contributed by atoms with van der Waals surface area (Å²) in [6, 6.07) is 19.9. The van der Waals surface area contributed by atoms with Crippen LogP contribution in [-0.4, -0.2) is 6.61 Å². The van der Waals surface area contributed by atoms with E-state index in [0.29, 0.717) is 0 Å². The van der Waals surface area contributed by atoms with E-state index < -0.39 is 0 Å². The number of rotatable bonds is 23. The second-order valence-corrected chi connectivity index (χ2v) is 13.3. The van der Waals surface area contributed by atoms with Crippen molar-refractivity contribution in [2.45, 2.75) is 169 Å². The summed E-state index contributed by atoms with van der Waals surface area (Å²) in [5, 5.41) is 2.57. The Morgan fingerprint density at radius 3 is 1.43 bits per heavy atom. The fraction of sp³-hybridized carbons (Fsp3) is 0.628. The summed E-state index contributed by atoms with van der Waals surface area (Å²) in [5.74, 6) is 1.08. The first-order chi connectivity index (χ1) is 21.6. The third-order valence-electron chi connectivity index (χ3n) is 9.07. The third kappa shape index (κ3) is 16.7. The van der Waals surface area contributed by atoms with Crippen molar-refractivity contribution in [3.05, 3.63) is 76.9 Å². The molecule has 0 heterocycles. The maximum absolute atomic E-state index is 6.18. The molecule has 0 spiro atoms. The molecule has 3 rings (SSSR count). The number of benzene rings is 3. The molecule has 0 aliphatic heterocycles. The van der Waals surface area contributed by atoms with Gasteiger partial charge in [0.1, 0.15) is 5.75 Å². The van der Waals surface area contributed by atoms with Crippen molar-refractivity contribution in [2.75, 3.05) is 6.61 Å². The van der Waals surface area contributed by atoms with E-state index in [-0.39, 0.29) is 0 Å². The second kappa shape index (κ2) is 25.0. The normalized spacial score (nSPS) is 11.0. The molecule has 0 unspecified atom stereocenters. The molecule has 3 aromatic carbocycles. The van der Waals surface area contributed by atoms with E-state index in [2.05, 4.69) is 89.2 Å². The summed E-state index contributed by atoms with van der Waals surface area (Å²) >= 11 is 0. The Labute approximate surface area is 273 Å². The van der Waals surface area contributed by atoms with Crippen molar-refractivity contribution in [3.8, 4) is 5.75 Å². The van der Waals surface area contributed by atoms with E-state index in [1.807, 2.05) is 0 Å². The highest BCUT2D eigenvalue weighted by molar-refractivity contribution is 5.92. The highest BCUT2D eigenvalue weighted by Crippen LogP contribution is 2.32. The zero-order valence-corrected chi connectivity index (χ0v) is 29.7. The summed E-state index contributed by atoms with van der Waals surface area (Å²) in [5.41, 5.74) is 5.46. The van der Waals surface area contributed by atoms with Gasteiger partial charge in [-0.2, -0.15) is 0 Å². The van der Waals surface area contributed by atoms with Crippen molar-refractivity contribution in [2.24, 2.45) is 0 Å². The number of ether oxygens (including phenoxy) is 1. The minimum absolute atomic E-state index is 0.838. The Kier molecular flexibility index (Phi) is 21.5. The van der Waals surface area contributed by atoms with Crippen LogP contribution in [-0.2, 0) is 6.42 Å². The molecule has 0 radical (unpaired) electrons. The topological polar surface area (TPSA) is 9.23 Å².